The highest BCUT2D eigenvalue weighted by Gasteiger charge is 2.41. The summed E-state index contributed by atoms with van der Waals surface area (Å²) in [7, 11) is 0. The lowest BCUT2D eigenvalue weighted by Crippen LogP contribution is -2.46. The number of ether oxygens (including phenoxy) is 1. The van der Waals surface area contributed by atoms with Crippen molar-refractivity contribution < 1.29 is 14.6 Å². The van der Waals surface area contributed by atoms with E-state index in [4.69, 9.17) is 10.5 Å². The Hall–Kier alpha value is -2.95. The summed E-state index contributed by atoms with van der Waals surface area (Å²) in [5, 5.41) is 9.77. The van der Waals surface area contributed by atoms with Gasteiger partial charge in [0.15, 0.2) is 5.60 Å². The fraction of sp³-hybridized carbons (Fsp3) is 0.174. The van der Waals surface area contributed by atoms with Crippen molar-refractivity contribution >= 4 is 5.97 Å². The minimum atomic E-state index is -1.17. The highest BCUT2D eigenvalue weighted by atomic mass is 16.6. The smallest absolute Gasteiger partial charge is 0.327 e. The SMILES string of the molecule is C[C@@H](O)[C@H](N)C(=O)OC(c1ccccc1)(c1ccccc1)c1ccccc1. The molecule has 3 rings (SSSR count). The Morgan fingerprint density at radius 2 is 1.15 bits per heavy atom. The molecule has 0 saturated heterocycles. The predicted molar refractivity (Wildman–Crippen MR) is 105 cm³/mol. The van der Waals surface area contributed by atoms with E-state index < -0.39 is 23.7 Å². The van der Waals surface area contributed by atoms with Gasteiger partial charge in [0.05, 0.1) is 6.10 Å². The summed E-state index contributed by atoms with van der Waals surface area (Å²) in [5.74, 6) is -0.665. The molecular formula is C23H23NO3. The fourth-order valence-corrected chi connectivity index (χ4v) is 3.11. The number of nitrogens with two attached hydrogens (primary N) is 1. The van der Waals surface area contributed by atoms with Gasteiger partial charge in [-0.25, -0.2) is 0 Å². The van der Waals surface area contributed by atoms with E-state index >= 15 is 0 Å². The summed E-state index contributed by atoms with van der Waals surface area (Å²) < 4.78 is 6.10. The van der Waals surface area contributed by atoms with Crippen LogP contribution in [0.5, 0.6) is 0 Å². The third kappa shape index (κ3) is 3.77. The van der Waals surface area contributed by atoms with E-state index in [1.165, 1.54) is 6.92 Å². The van der Waals surface area contributed by atoms with Gasteiger partial charge in [-0.1, -0.05) is 91.0 Å². The van der Waals surface area contributed by atoms with Gasteiger partial charge in [-0.05, 0) is 6.92 Å². The van der Waals surface area contributed by atoms with Crippen LogP contribution in [0, 0.1) is 0 Å². The van der Waals surface area contributed by atoms with E-state index in [9.17, 15) is 9.90 Å². The molecule has 3 aromatic rings. The number of hydrogen-bond donors (Lipinski definition) is 2. The molecular weight excluding hydrogens is 338 g/mol. The van der Waals surface area contributed by atoms with Gasteiger partial charge in [0.25, 0.3) is 0 Å². The molecule has 3 N–H and O–H groups in total. The van der Waals surface area contributed by atoms with Crippen LogP contribution in [0.15, 0.2) is 91.0 Å². The Morgan fingerprint density at radius 3 is 1.44 bits per heavy atom. The number of aliphatic hydroxyl groups excluding tert-OH is 1. The first kappa shape index (κ1) is 18.8. The van der Waals surface area contributed by atoms with Gasteiger partial charge in [-0.3, -0.25) is 4.79 Å². The number of rotatable bonds is 6. The Labute approximate surface area is 159 Å². The Balaban J connectivity index is 2.25. The van der Waals surface area contributed by atoms with Crippen molar-refractivity contribution in [2.24, 2.45) is 5.73 Å². The second-order valence-corrected chi connectivity index (χ2v) is 6.47. The van der Waals surface area contributed by atoms with Crippen LogP contribution in [0.4, 0.5) is 0 Å². The molecule has 4 nitrogen and oxygen atoms in total. The molecule has 4 heteroatoms. The van der Waals surface area contributed by atoms with Crippen molar-refractivity contribution in [2.45, 2.75) is 24.7 Å². The third-order valence-corrected chi connectivity index (χ3v) is 4.59. The molecule has 138 valence electrons. The fourth-order valence-electron chi connectivity index (χ4n) is 3.11. The van der Waals surface area contributed by atoms with E-state index in [1.807, 2.05) is 91.0 Å². The normalized spacial score (nSPS) is 13.6. The van der Waals surface area contributed by atoms with Gasteiger partial charge in [-0.15, -0.1) is 0 Å². The van der Waals surface area contributed by atoms with Gasteiger partial charge in [0, 0.05) is 16.7 Å². The van der Waals surface area contributed by atoms with Crippen molar-refractivity contribution in [3.63, 3.8) is 0 Å². The first-order chi connectivity index (χ1) is 13.1. The first-order valence-corrected chi connectivity index (χ1v) is 8.89. The highest BCUT2D eigenvalue weighted by Crippen LogP contribution is 2.40. The topological polar surface area (TPSA) is 72.5 Å². The molecule has 27 heavy (non-hydrogen) atoms. The molecule has 0 amide bonds. The van der Waals surface area contributed by atoms with E-state index in [1.54, 1.807) is 0 Å². The van der Waals surface area contributed by atoms with Crippen LogP contribution >= 0.6 is 0 Å². The van der Waals surface area contributed by atoms with Crippen LogP contribution in [0.3, 0.4) is 0 Å². The molecule has 0 radical (unpaired) electrons. The van der Waals surface area contributed by atoms with Gasteiger partial charge >= 0.3 is 5.97 Å². The van der Waals surface area contributed by atoms with Crippen molar-refractivity contribution in [3.8, 4) is 0 Å². The van der Waals surface area contributed by atoms with Gasteiger partial charge in [0.2, 0.25) is 0 Å². The lowest BCUT2D eigenvalue weighted by atomic mass is 9.80. The molecule has 3 aromatic carbocycles. The number of carbonyl (C=O) groups excluding carboxylic acids is 1. The van der Waals surface area contributed by atoms with E-state index in [-0.39, 0.29) is 0 Å². The third-order valence-electron chi connectivity index (χ3n) is 4.59. The van der Waals surface area contributed by atoms with E-state index in [0.29, 0.717) is 0 Å². The standard InChI is InChI=1S/C23H23NO3/c1-17(25)21(24)22(26)27-23(18-11-5-2-6-12-18,19-13-7-3-8-14-19)20-15-9-4-10-16-20/h2-17,21,25H,24H2,1H3/t17-,21+/m1/s1. The maximum atomic E-state index is 12.8. The lowest BCUT2D eigenvalue weighted by Gasteiger charge is -2.36. The van der Waals surface area contributed by atoms with Crippen LogP contribution in [0.2, 0.25) is 0 Å². The quantitative estimate of drug-likeness (QED) is 0.522. The van der Waals surface area contributed by atoms with Crippen LogP contribution in [-0.4, -0.2) is 23.2 Å². The van der Waals surface area contributed by atoms with E-state index in [2.05, 4.69) is 0 Å². The zero-order chi connectivity index (χ0) is 19.3. The Bertz CT molecular complexity index is 767. The summed E-state index contributed by atoms with van der Waals surface area (Å²) in [5.41, 5.74) is 7.10. The lowest BCUT2D eigenvalue weighted by molar-refractivity contribution is -0.157. The van der Waals surface area contributed by atoms with Crippen molar-refractivity contribution in [2.75, 3.05) is 0 Å². The molecule has 0 aromatic heterocycles. The second-order valence-electron chi connectivity index (χ2n) is 6.47. The maximum absolute atomic E-state index is 12.8. The molecule has 0 unspecified atom stereocenters. The second kappa shape index (κ2) is 8.16. The molecule has 0 aliphatic carbocycles. The van der Waals surface area contributed by atoms with Crippen molar-refractivity contribution in [1.29, 1.82) is 0 Å². The molecule has 2 atom stereocenters. The molecule has 0 heterocycles. The minimum absolute atomic E-state index is 0.665. The first-order valence-electron chi connectivity index (χ1n) is 8.89. The summed E-state index contributed by atoms with van der Waals surface area (Å²) in [6, 6.07) is 27.5. The summed E-state index contributed by atoms with van der Waals surface area (Å²) >= 11 is 0. The van der Waals surface area contributed by atoms with E-state index in [0.717, 1.165) is 16.7 Å². The van der Waals surface area contributed by atoms with Crippen LogP contribution in [0.25, 0.3) is 0 Å². The minimum Gasteiger partial charge on any atom is -0.443 e. The summed E-state index contributed by atoms with van der Waals surface area (Å²) in [4.78, 5) is 12.8. The summed E-state index contributed by atoms with van der Waals surface area (Å²) in [6.07, 6.45) is -1.02. The average molecular weight is 361 g/mol. The van der Waals surface area contributed by atoms with Gasteiger partial charge < -0.3 is 15.6 Å². The molecule has 0 saturated carbocycles. The van der Waals surface area contributed by atoms with Crippen molar-refractivity contribution in [3.05, 3.63) is 108 Å². The van der Waals surface area contributed by atoms with Crippen LogP contribution < -0.4 is 5.73 Å². The number of esters is 1. The number of hydrogen-bond acceptors (Lipinski definition) is 4. The highest BCUT2D eigenvalue weighted by molar-refractivity contribution is 5.78. The molecule has 0 aliphatic heterocycles. The van der Waals surface area contributed by atoms with Gasteiger partial charge in [-0.2, -0.15) is 0 Å². The monoisotopic (exact) mass is 361 g/mol. The maximum Gasteiger partial charge on any atom is 0.327 e. The number of carbonyl (C=O) groups is 1. The molecule has 0 fully saturated rings. The largest absolute Gasteiger partial charge is 0.443 e. The molecule has 0 bridgehead atoms. The molecule has 0 aliphatic rings. The Morgan fingerprint density at radius 1 is 0.815 bits per heavy atom. The summed E-state index contributed by atoms with van der Waals surface area (Å²) in [6.45, 7) is 1.47. The molecule has 0 spiro atoms. The van der Waals surface area contributed by atoms with Crippen molar-refractivity contribution in [1.82, 2.24) is 0 Å². The van der Waals surface area contributed by atoms with Crippen LogP contribution in [-0.2, 0) is 15.1 Å². The zero-order valence-corrected chi connectivity index (χ0v) is 15.2. The van der Waals surface area contributed by atoms with Crippen LogP contribution in [0.1, 0.15) is 23.6 Å². The van der Waals surface area contributed by atoms with Gasteiger partial charge in [0.1, 0.15) is 6.04 Å². The average Bonchev–Trinajstić information content (AvgIpc) is 2.73. The number of benzene rings is 3. The predicted octanol–water partition coefficient (Wildman–Crippen LogP) is 3.23. The zero-order valence-electron chi connectivity index (χ0n) is 15.2. The number of aliphatic hydroxyl groups is 1. The Kier molecular flexibility index (Phi) is 5.69.